The van der Waals surface area contributed by atoms with Gasteiger partial charge < -0.3 is 5.11 Å². The molecule has 1 aromatic carbocycles. The van der Waals surface area contributed by atoms with Crippen LogP contribution in [0.2, 0.25) is 5.02 Å². The normalized spacial score (nSPS) is 27.4. The first-order chi connectivity index (χ1) is 9.17. The Morgan fingerprint density at radius 3 is 2.89 bits per heavy atom. The molecule has 3 rings (SSSR count). The average molecular weight is 277 g/mol. The summed E-state index contributed by atoms with van der Waals surface area (Å²) in [7, 11) is 0. The Kier molecular flexibility index (Phi) is 3.49. The van der Waals surface area contributed by atoms with Gasteiger partial charge >= 0.3 is 0 Å². The van der Waals surface area contributed by atoms with Crippen LogP contribution in [0.25, 0.3) is 0 Å². The molecule has 4 heteroatoms. The van der Waals surface area contributed by atoms with Crippen LogP contribution in [0.5, 0.6) is 0 Å². The lowest BCUT2D eigenvalue weighted by Crippen LogP contribution is -2.31. The van der Waals surface area contributed by atoms with Crippen molar-refractivity contribution < 1.29 is 5.11 Å². The fraction of sp³-hybridized carbons (Fsp3) is 0.533. The van der Waals surface area contributed by atoms with Gasteiger partial charge in [-0.1, -0.05) is 17.7 Å². The van der Waals surface area contributed by atoms with Crippen LogP contribution in [0.4, 0.5) is 0 Å². The molecule has 2 fully saturated rings. The van der Waals surface area contributed by atoms with E-state index in [2.05, 4.69) is 11.0 Å². The summed E-state index contributed by atoms with van der Waals surface area (Å²) >= 11 is 5.92. The number of hydrogen-bond donors (Lipinski definition) is 1. The van der Waals surface area contributed by atoms with Crippen LogP contribution in [0.3, 0.4) is 0 Å². The Morgan fingerprint density at radius 2 is 2.21 bits per heavy atom. The predicted octanol–water partition coefficient (Wildman–Crippen LogP) is 2.56. The minimum atomic E-state index is -0.219. The summed E-state index contributed by atoms with van der Waals surface area (Å²) in [6.07, 6.45) is 3.21. The topological polar surface area (TPSA) is 47.3 Å². The Labute approximate surface area is 118 Å². The second-order valence-corrected chi connectivity index (χ2v) is 6.07. The number of aliphatic hydroxyl groups excluding tert-OH is 1. The first kappa shape index (κ1) is 12.9. The van der Waals surface area contributed by atoms with Crippen molar-refractivity contribution in [2.75, 3.05) is 6.54 Å². The fourth-order valence-corrected chi connectivity index (χ4v) is 3.24. The monoisotopic (exact) mass is 276 g/mol. The largest absolute Gasteiger partial charge is 0.392 e. The van der Waals surface area contributed by atoms with Gasteiger partial charge in [0.1, 0.15) is 0 Å². The molecule has 1 N–H and O–H groups in total. The minimum Gasteiger partial charge on any atom is -0.392 e. The standard InChI is InChI=1S/C15H17ClN2O/c16-13-4-3-11(12(5-13)7-17)8-18-9-14(19)6-15(18)10-1-2-10/h3-5,10,14-15,19H,1-2,6,8-9H2. The maximum absolute atomic E-state index is 9.87. The summed E-state index contributed by atoms with van der Waals surface area (Å²) in [5, 5.41) is 19.6. The van der Waals surface area contributed by atoms with E-state index in [0.717, 1.165) is 24.4 Å². The molecule has 19 heavy (non-hydrogen) atoms. The lowest BCUT2D eigenvalue weighted by molar-refractivity contribution is 0.171. The smallest absolute Gasteiger partial charge is 0.0995 e. The molecule has 0 aromatic heterocycles. The summed E-state index contributed by atoms with van der Waals surface area (Å²) in [6, 6.07) is 8.16. The van der Waals surface area contributed by atoms with Crippen LogP contribution in [0.15, 0.2) is 18.2 Å². The number of β-amino-alcohol motifs (C(OH)–C–C–N with tert-alkyl or cyclic N) is 1. The third-order valence-corrected chi connectivity index (χ3v) is 4.39. The fourth-order valence-electron chi connectivity index (χ4n) is 3.07. The zero-order valence-electron chi connectivity index (χ0n) is 10.7. The molecule has 0 amide bonds. The lowest BCUT2D eigenvalue weighted by atomic mass is 10.1. The Morgan fingerprint density at radius 1 is 1.42 bits per heavy atom. The van der Waals surface area contributed by atoms with E-state index in [1.807, 2.05) is 12.1 Å². The van der Waals surface area contributed by atoms with Gasteiger partial charge in [0.15, 0.2) is 0 Å². The van der Waals surface area contributed by atoms with Crippen LogP contribution in [-0.2, 0) is 6.54 Å². The third kappa shape index (κ3) is 2.76. The number of halogens is 1. The molecule has 1 aliphatic heterocycles. The molecule has 2 atom stereocenters. The highest BCUT2D eigenvalue weighted by atomic mass is 35.5. The van der Waals surface area contributed by atoms with Crippen molar-refractivity contribution in [1.82, 2.24) is 4.90 Å². The van der Waals surface area contributed by atoms with Crippen molar-refractivity contribution in [3.63, 3.8) is 0 Å². The molecule has 2 aliphatic rings. The van der Waals surface area contributed by atoms with E-state index < -0.39 is 0 Å². The van der Waals surface area contributed by atoms with Crippen molar-refractivity contribution >= 4 is 11.6 Å². The van der Waals surface area contributed by atoms with Gasteiger partial charge in [-0.15, -0.1) is 0 Å². The number of aliphatic hydroxyl groups is 1. The number of nitrogens with zero attached hydrogens (tertiary/aromatic N) is 2. The maximum Gasteiger partial charge on any atom is 0.0995 e. The number of rotatable bonds is 3. The zero-order valence-corrected chi connectivity index (χ0v) is 11.5. The lowest BCUT2D eigenvalue weighted by Gasteiger charge is -2.24. The van der Waals surface area contributed by atoms with Crippen molar-refractivity contribution in [3.05, 3.63) is 34.3 Å². The molecule has 3 nitrogen and oxygen atoms in total. The SMILES string of the molecule is N#Cc1cc(Cl)ccc1CN1CC(O)CC1C1CC1. The highest BCUT2D eigenvalue weighted by Crippen LogP contribution is 2.40. The van der Waals surface area contributed by atoms with Crippen molar-refractivity contribution in [3.8, 4) is 6.07 Å². The zero-order chi connectivity index (χ0) is 13.4. The summed E-state index contributed by atoms with van der Waals surface area (Å²) in [4.78, 5) is 2.33. The predicted molar refractivity (Wildman–Crippen MR) is 73.7 cm³/mol. The van der Waals surface area contributed by atoms with Gasteiger partial charge in [-0.3, -0.25) is 4.90 Å². The molecular formula is C15H17ClN2O. The second-order valence-electron chi connectivity index (χ2n) is 5.64. The molecule has 0 bridgehead atoms. The van der Waals surface area contributed by atoms with E-state index in [0.29, 0.717) is 23.2 Å². The van der Waals surface area contributed by atoms with Crippen LogP contribution >= 0.6 is 11.6 Å². The number of hydrogen-bond acceptors (Lipinski definition) is 3. The molecule has 1 aliphatic carbocycles. The van der Waals surface area contributed by atoms with Gasteiger partial charge in [-0.25, -0.2) is 0 Å². The van der Waals surface area contributed by atoms with Crippen molar-refractivity contribution in [2.45, 2.75) is 38.0 Å². The molecule has 1 saturated heterocycles. The van der Waals surface area contributed by atoms with Crippen LogP contribution in [0, 0.1) is 17.2 Å². The van der Waals surface area contributed by atoms with Gasteiger partial charge in [-0.2, -0.15) is 5.26 Å². The molecule has 1 aromatic rings. The van der Waals surface area contributed by atoms with E-state index in [-0.39, 0.29) is 6.10 Å². The average Bonchev–Trinajstić information content (AvgIpc) is 3.16. The molecule has 100 valence electrons. The quantitative estimate of drug-likeness (QED) is 0.923. The highest BCUT2D eigenvalue weighted by Gasteiger charge is 2.41. The van der Waals surface area contributed by atoms with Gasteiger partial charge in [-0.05, 0) is 42.9 Å². The Balaban J connectivity index is 1.79. The van der Waals surface area contributed by atoms with Gasteiger partial charge in [0, 0.05) is 24.2 Å². The summed E-state index contributed by atoms with van der Waals surface area (Å²) < 4.78 is 0. The minimum absolute atomic E-state index is 0.219. The van der Waals surface area contributed by atoms with Crippen molar-refractivity contribution in [2.24, 2.45) is 5.92 Å². The molecule has 1 heterocycles. The van der Waals surface area contributed by atoms with E-state index in [1.54, 1.807) is 6.07 Å². The number of likely N-dealkylation sites (tertiary alicyclic amines) is 1. The first-order valence-electron chi connectivity index (χ1n) is 6.78. The molecular weight excluding hydrogens is 260 g/mol. The van der Waals surface area contributed by atoms with E-state index in [9.17, 15) is 10.4 Å². The van der Waals surface area contributed by atoms with Crippen molar-refractivity contribution in [1.29, 1.82) is 5.26 Å². The van der Waals surface area contributed by atoms with Gasteiger partial charge in [0.2, 0.25) is 0 Å². The molecule has 1 saturated carbocycles. The summed E-state index contributed by atoms with van der Waals surface area (Å²) in [6.45, 7) is 1.45. The van der Waals surface area contributed by atoms with Gasteiger partial charge in [0.25, 0.3) is 0 Å². The Hall–Kier alpha value is -1.08. The van der Waals surface area contributed by atoms with E-state index in [1.165, 1.54) is 12.8 Å². The number of nitriles is 1. The third-order valence-electron chi connectivity index (χ3n) is 4.16. The van der Waals surface area contributed by atoms with Crippen LogP contribution < -0.4 is 0 Å². The maximum atomic E-state index is 9.87. The molecule has 2 unspecified atom stereocenters. The van der Waals surface area contributed by atoms with E-state index in [4.69, 9.17) is 11.6 Å². The second kappa shape index (κ2) is 5.13. The first-order valence-corrected chi connectivity index (χ1v) is 7.16. The number of benzene rings is 1. The Bertz CT molecular complexity index is 521. The van der Waals surface area contributed by atoms with Crippen LogP contribution in [-0.4, -0.2) is 28.7 Å². The van der Waals surface area contributed by atoms with E-state index >= 15 is 0 Å². The summed E-state index contributed by atoms with van der Waals surface area (Å²) in [5.41, 5.74) is 1.65. The highest BCUT2D eigenvalue weighted by molar-refractivity contribution is 6.30. The molecule has 0 radical (unpaired) electrons. The molecule has 0 spiro atoms. The van der Waals surface area contributed by atoms with Crippen LogP contribution in [0.1, 0.15) is 30.4 Å². The van der Waals surface area contributed by atoms with Gasteiger partial charge in [0.05, 0.1) is 17.7 Å². The summed E-state index contributed by atoms with van der Waals surface area (Å²) in [5.74, 6) is 0.745.